The number of carbonyl (C=O) groups is 1. The molecule has 7 nitrogen and oxygen atoms in total. The van der Waals surface area contributed by atoms with E-state index in [1.807, 2.05) is 6.92 Å². The van der Waals surface area contributed by atoms with Gasteiger partial charge in [0.15, 0.2) is 11.5 Å². The molecular weight excluding hydrogens is 423 g/mol. The first-order valence-electron chi connectivity index (χ1n) is 10.1. The van der Waals surface area contributed by atoms with Crippen molar-refractivity contribution < 1.29 is 27.4 Å². The third-order valence-electron chi connectivity index (χ3n) is 5.61. The lowest BCUT2D eigenvalue weighted by Crippen LogP contribution is -2.41. The van der Waals surface area contributed by atoms with E-state index < -0.39 is 10.0 Å². The lowest BCUT2D eigenvalue weighted by Gasteiger charge is -2.29. The molecule has 1 saturated carbocycles. The Kier molecular flexibility index (Phi) is 7.17. The van der Waals surface area contributed by atoms with E-state index >= 15 is 0 Å². The third-order valence-corrected chi connectivity index (χ3v) is 7.13. The maximum atomic E-state index is 13.1. The van der Waals surface area contributed by atoms with Crippen LogP contribution in [0.5, 0.6) is 11.5 Å². The number of rotatable bonds is 7. The second-order valence-electron chi connectivity index (χ2n) is 7.79. The van der Waals surface area contributed by atoms with Crippen LogP contribution < -0.4 is 14.8 Å². The SMILES string of the molecule is COc1cc(S(=O)(=O)NC2CCC(C(=O)N[C@H](C)c3ccc(F)cc3)CC2)ccc1O. The van der Waals surface area contributed by atoms with Crippen molar-refractivity contribution in [3.63, 3.8) is 0 Å². The van der Waals surface area contributed by atoms with Gasteiger partial charge in [0.2, 0.25) is 15.9 Å². The molecule has 0 bridgehead atoms. The number of phenols is 1. The highest BCUT2D eigenvalue weighted by Gasteiger charge is 2.30. The summed E-state index contributed by atoms with van der Waals surface area (Å²) in [6, 6.07) is 9.35. The Morgan fingerprint density at radius 2 is 1.77 bits per heavy atom. The first-order valence-corrected chi connectivity index (χ1v) is 11.6. The highest BCUT2D eigenvalue weighted by atomic mass is 32.2. The summed E-state index contributed by atoms with van der Waals surface area (Å²) >= 11 is 0. The average Bonchev–Trinajstić information content (AvgIpc) is 2.74. The fourth-order valence-corrected chi connectivity index (χ4v) is 5.07. The first kappa shape index (κ1) is 23.0. The number of amides is 1. The van der Waals surface area contributed by atoms with Gasteiger partial charge in [-0.3, -0.25) is 4.79 Å². The van der Waals surface area contributed by atoms with Crippen molar-refractivity contribution in [1.82, 2.24) is 10.0 Å². The number of ether oxygens (including phenoxy) is 1. The van der Waals surface area contributed by atoms with Crippen molar-refractivity contribution in [2.75, 3.05) is 7.11 Å². The highest BCUT2D eigenvalue weighted by Crippen LogP contribution is 2.30. The molecule has 0 heterocycles. The van der Waals surface area contributed by atoms with E-state index in [9.17, 15) is 22.7 Å². The molecule has 1 atom stereocenters. The molecule has 31 heavy (non-hydrogen) atoms. The van der Waals surface area contributed by atoms with Gasteiger partial charge in [-0.05, 0) is 62.4 Å². The number of hydrogen-bond donors (Lipinski definition) is 3. The Balaban J connectivity index is 1.54. The predicted octanol–water partition coefficient (Wildman–Crippen LogP) is 3.25. The summed E-state index contributed by atoms with van der Waals surface area (Å²) in [5.74, 6) is -0.658. The summed E-state index contributed by atoms with van der Waals surface area (Å²) in [5, 5.41) is 12.6. The lowest BCUT2D eigenvalue weighted by molar-refractivity contribution is -0.126. The number of aromatic hydroxyl groups is 1. The minimum atomic E-state index is -3.78. The summed E-state index contributed by atoms with van der Waals surface area (Å²) in [7, 11) is -2.43. The molecular formula is C22H27FN2O5S. The number of benzene rings is 2. The molecule has 2 aromatic rings. The summed E-state index contributed by atoms with van der Waals surface area (Å²) in [4.78, 5) is 12.6. The van der Waals surface area contributed by atoms with Crippen LogP contribution in [0.1, 0.15) is 44.2 Å². The standard InChI is InChI=1S/C22H27FN2O5S/c1-14(15-3-7-17(23)8-4-15)24-22(27)16-5-9-18(10-6-16)25-31(28,29)19-11-12-20(26)21(13-19)30-2/h3-4,7-8,11-14,16,18,25-26H,5-6,9-10H2,1-2H3,(H,24,27)/t14-,16?,18?/m1/s1. The molecule has 3 rings (SSSR count). The van der Waals surface area contributed by atoms with Crippen molar-refractivity contribution in [1.29, 1.82) is 0 Å². The van der Waals surface area contributed by atoms with Crippen LogP contribution in [-0.2, 0) is 14.8 Å². The maximum Gasteiger partial charge on any atom is 0.240 e. The number of sulfonamides is 1. The number of halogens is 1. The highest BCUT2D eigenvalue weighted by molar-refractivity contribution is 7.89. The van der Waals surface area contributed by atoms with Crippen LogP contribution in [0.2, 0.25) is 0 Å². The summed E-state index contributed by atoms with van der Waals surface area (Å²) in [6.45, 7) is 1.84. The Morgan fingerprint density at radius 1 is 1.13 bits per heavy atom. The quantitative estimate of drug-likeness (QED) is 0.601. The smallest absolute Gasteiger partial charge is 0.240 e. The Hall–Kier alpha value is -2.65. The molecule has 1 aliphatic rings. The van der Waals surface area contributed by atoms with Gasteiger partial charge in [-0.25, -0.2) is 17.5 Å². The zero-order valence-corrected chi connectivity index (χ0v) is 18.3. The molecule has 0 spiro atoms. The van der Waals surface area contributed by atoms with Crippen LogP contribution in [-0.4, -0.2) is 32.6 Å². The van der Waals surface area contributed by atoms with Crippen molar-refractivity contribution in [2.45, 2.75) is 49.6 Å². The minimum absolute atomic E-state index is 0.00939. The van der Waals surface area contributed by atoms with Gasteiger partial charge in [0.1, 0.15) is 5.82 Å². The van der Waals surface area contributed by atoms with Gasteiger partial charge >= 0.3 is 0 Å². The lowest BCUT2D eigenvalue weighted by atomic mass is 9.85. The Labute approximate surface area is 181 Å². The summed E-state index contributed by atoms with van der Waals surface area (Å²) in [5.41, 5.74) is 0.820. The first-order chi connectivity index (χ1) is 14.7. The second kappa shape index (κ2) is 9.65. The van der Waals surface area contributed by atoms with Crippen LogP contribution in [0.25, 0.3) is 0 Å². The Bertz CT molecular complexity index is 1020. The van der Waals surface area contributed by atoms with Gasteiger partial charge in [0, 0.05) is 18.0 Å². The summed E-state index contributed by atoms with van der Waals surface area (Å²) < 4.78 is 46.1. The van der Waals surface area contributed by atoms with E-state index in [-0.39, 0.29) is 46.1 Å². The normalized spacial score (nSPS) is 20.1. The summed E-state index contributed by atoms with van der Waals surface area (Å²) in [6.07, 6.45) is 2.21. The fraction of sp³-hybridized carbons (Fsp3) is 0.409. The maximum absolute atomic E-state index is 13.1. The number of phenolic OH excluding ortho intramolecular Hbond substituents is 1. The molecule has 0 aliphatic heterocycles. The zero-order chi connectivity index (χ0) is 22.6. The molecule has 0 saturated heterocycles. The van der Waals surface area contributed by atoms with Crippen molar-refractivity contribution in [3.8, 4) is 11.5 Å². The molecule has 0 unspecified atom stereocenters. The van der Waals surface area contributed by atoms with Crippen LogP contribution in [0.3, 0.4) is 0 Å². The number of carbonyl (C=O) groups excluding carboxylic acids is 1. The molecule has 3 N–H and O–H groups in total. The number of methoxy groups -OCH3 is 1. The van der Waals surface area contributed by atoms with Gasteiger partial charge in [-0.2, -0.15) is 0 Å². The van der Waals surface area contributed by atoms with Crippen molar-refractivity contribution in [3.05, 3.63) is 53.8 Å². The van der Waals surface area contributed by atoms with E-state index in [1.165, 1.54) is 37.4 Å². The monoisotopic (exact) mass is 450 g/mol. The number of nitrogens with one attached hydrogen (secondary N) is 2. The van der Waals surface area contributed by atoms with Crippen LogP contribution in [0.4, 0.5) is 4.39 Å². The molecule has 9 heteroatoms. The van der Waals surface area contributed by atoms with Gasteiger partial charge < -0.3 is 15.2 Å². The number of hydrogen-bond acceptors (Lipinski definition) is 5. The Morgan fingerprint density at radius 3 is 2.39 bits per heavy atom. The van der Waals surface area contributed by atoms with E-state index in [1.54, 1.807) is 12.1 Å². The van der Waals surface area contributed by atoms with E-state index in [4.69, 9.17) is 4.74 Å². The topological polar surface area (TPSA) is 105 Å². The van der Waals surface area contributed by atoms with Crippen molar-refractivity contribution in [2.24, 2.45) is 5.92 Å². The minimum Gasteiger partial charge on any atom is -0.504 e. The van der Waals surface area contributed by atoms with E-state index in [0.717, 1.165) is 5.56 Å². The van der Waals surface area contributed by atoms with Crippen LogP contribution in [0, 0.1) is 11.7 Å². The predicted molar refractivity (Wildman–Crippen MR) is 114 cm³/mol. The molecule has 1 fully saturated rings. The largest absolute Gasteiger partial charge is 0.504 e. The van der Waals surface area contributed by atoms with Gasteiger partial charge in [0.05, 0.1) is 18.0 Å². The van der Waals surface area contributed by atoms with E-state index in [0.29, 0.717) is 25.7 Å². The molecule has 0 aromatic heterocycles. The molecule has 2 aromatic carbocycles. The molecule has 1 amide bonds. The average molecular weight is 451 g/mol. The van der Waals surface area contributed by atoms with E-state index in [2.05, 4.69) is 10.0 Å². The van der Waals surface area contributed by atoms with Crippen molar-refractivity contribution >= 4 is 15.9 Å². The molecule has 0 radical (unpaired) electrons. The fourth-order valence-electron chi connectivity index (χ4n) is 3.75. The molecule has 168 valence electrons. The molecule has 1 aliphatic carbocycles. The second-order valence-corrected chi connectivity index (χ2v) is 9.50. The van der Waals surface area contributed by atoms with Crippen LogP contribution in [0.15, 0.2) is 47.4 Å². The van der Waals surface area contributed by atoms with Crippen LogP contribution >= 0.6 is 0 Å². The van der Waals surface area contributed by atoms with Gasteiger partial charge in [-0.15, -0.1) is 0 Å². The van der Waals surface area contributed by atoms with Gasteiger partial charge in [-0.1, -0.05) is 12.1 Å². The zero-order valence-electron chi connectivity index (χ0n) is 17.5. The third kappa shape index (κ3) is 5.74. The van der Waals surface area contributed by atoms with Gasteiger partial charge in [0.25, 0.3) is 0 Å².